The van der Waals surface area contributed by atoms with Gasteiger partial charge in [0.1, 0.15) is 17.8 Å². The lowest BCUT2D eigenvalue weighted by atomic mass is 9.99. The first-order valence-corrected chi connectivity index (χ1v) is 7.77. The molecule has 124 valence electrons. The molecule has 1 fully saturated rings. The lowest BCUT2D eigenvalue weighted by molar-refractivity contribution is -0.131. The van der Waals surface area contributed by atoms with Crippen LogP contribution in [0.4, 0.5) is 5.69 Å². The van der Waals surface area contributed by atoms with E-state index in [1.807, 2.05) is 0 Å². The number of para-hydroxylation sites is 1. The molecule has 2 atom stereocenters. The van der Waals surface area contributed by atoms with Gasteiger partial charge in [0.2, 0.25) is 5.91 Å². The highest BCUT2D eigenvalue weighted by Gasteiger charge is 2.43. The van der Waals surface area contributed by atoms with Crippen LogP contribution in [0.1, 0.15) is 15.9 Å². The molecule has 0 spiro atoms. The largest absolute Gasteiger partial charge is 0.372 e. The van der Waals surface area contributed by atoms with Crippen LogP contribution >= 0.6 is 0 Å². The number of benzene rings is 1. The maximum Gasteiger partial charge on any atom is 0.268 e. The summed E-state index contributed by atoms with van der Waals surface area (Å²) >= 11 is 0. The SMILES string of the molecule is O=C1NC(C2Nc3ccccc3C2=O)C(=O)NC1=Cc1ccncc1. The van der Waals surface area contributed by atoms with Crippen LogP contribution in [0.5, 0.6) is 0 Å². The molecule has 2 unspecified atom stereocenters. The zero-order valence-electron chi connectivity index (χ0n) is 13.0. The Kier molecular flexibility index (Phi) is 3.53. The van der Waals surface area contributed by atoms with Gasteiger partial charge in [-0.05, 0) is 35.9 Å². The fraction of sp³-hybridized carbons (Fsp3) is 0.111. The fourth-order valence-electron chi connectivity index (χ4n) is 2.97. The van der Waals surface area contributed by atoms with E-state index in [0.717, 1.165) is 5.56 Å². The summed E-state index contributed by atoms with van der Waals surface area (Å²) in [5.74, 6) is -1.08. The van der Waals surface area contributed by atoms with Gasteiger partial charge in [-0.15, -0.1) is 0 Å². The first-order valence-electron chi connectivity index (χ1n) is 7.77. The van der Waals surface area contributed by atoms with Crippen molar-refractivity contribution in [3.8, 4) is 0 Å². The maximum atomic E-state index is 12.5. The van der Waals surface area contributed by atoms with Crippen LogP contribution < -0.4 is 16.0 Å². The minimum Gasteiger partial charge on any atom is -0.372 e. The van der Waals surface area contributed by atoms with Gasteiger partial charge >= 0.3 is 0 Å². The number of amides is 2. The molecule has 2 amide bonds. The van der Waals surface area contributed by atoms with Gasteiger partial charge in [0, 0.05) is 23.6 Å². The van der Waals surface area contributed by atoms with Crippen molar-refractivity contribution in [1.82, 2.24) is 15.6 Å². The predicted octanol–water partition coefficient (Wildman–Crippen LogP) is 0.714. The number of nitrogens with one attached hydrogen (secondary N) is 3. The van der Waals surface area contributed by atoms with E-state index in [1.54, 1.807) is 54.9 Å². The molecule has 2 aliphatic rings. The molecule has 2 aliphatic heterocycles. The van der Waals surface area contributed by atoms with Gasteiger partial charge in [-0.3, -0.25) is 19.4 Å². The molecule has 3 N–H and O–H groups in total. The van der Waals surface area contributed by atoms with Crippen LogP contribution in [-0.4, -0.2) is 34.7 Å². The molecular formula is C18H14N4O3. The van der Waals surface area contributed by atoms with Crippen molar-refractivity contribution < 1.29 is 14.4 Å². The molecule has 7 heteroatoms. The highest BCUT2D eigenvalue weighted by Crippen LogP contribution is 2.27. The van der Waals surface area contributed by atoms with Crippen LogP contribution in [0.15, 0.2) is 54.5 Å². The van der Waals surface area contributed by atoms with Crippen molar-refractivity contribution in [2.75, 3.05) is 5.32 Å². The lowest BCUT2D eigenvalue weighted by Gasteiger charge is -2.28. The number of hydrogen-bond acceptors (Lipinski definition) is 5. The van der Waals surface area contributed by atoms with E-state index in [9.17, 15) is 14.4 Å². The van der Waals surface area contributed by atoms with Gasteiger partial charge in [-0.2, -0.15) is 0 Å². The van der Waals surface area contributed by atoms with Crippen molar-refractivity contribution in [2.45, 2.75) is 12.1 Å². The first-order chi connectivity index (χ1) is 12.1. The van der Waals surface area contributed by atoms with Crippen molar-refractivity contribution in [3.63, 3.8) is 0 Å². The second-order valence-corrected chi connectivity index (χ2v) is 5.81. The average molecular weight is 334 g/mol. The Morgan fingerprint density at radius 1 is 0.920 bits per heavy atom. The minimum absolute atomic E-state index is 0.135. The number of ketones is 1. The van der Waals surface area contributed by atoms with E-state index in [4.69, 9.17) is 0 Å². The third-order valence-electron chi connectivity index (χ3n) is 4.21. The second-order valence-electron chi connectivity index (χ2n) is 5.81. The van der Waals surface area contributed by atoms with Crippen LogP contribution in [-0.2, 0) is 9.59 Å². The smallest absolute Gasteiger partial charge is 0.268 e. The fourth-order valence-corrected chi connectivity index (χ4v) is 2.97. The number of carbonyl (C=O) groups excluding carboxylic acids is 3. The molecule has 1 aromatic heterocycles. The van der Waals surface area contributed by atoms with Gasteiger partial charge in [0.15, 0.2) is 5.78 Å². The van der Waals surface area contributed by atoms with Crippen LogP contribution in [0.3, 0.4) is 0 Å². The zero-order chi connectivity index (χ0) is 17.4. The van der Waals surface area contributed by atoms with Crippen molar-refractivity contribution in [1.29, 1.82) is 0 Å². The molecule has 0 radical (unpaired) electrons. The van der Waals surface area contributed by atoms with Crippen molar-refractivity contribution in [2.24, 2.45) is 0 Å². The van der Waals surface area contributed by atoms with Gasteiger partial charge in [0.25, 0.3) is 5.91 Å². The van der Waals surface area contributed by atoms with E-state index in [0.29, 0.717) is 11.3 Å². The number of aromatic nitrogens is 1. The summed E-state index contributed by atoms with van der Waals surface area (Å²) in [5.41, 5.74) is 2.06. The maximum absolute atomic E-state index is 12.5. The summed E-state index contributed by atoms with van der Waals surface area (Å²) in [6.07, 6.45) is 4.75. The normalized spacial score (nSPS) is 23.7. The van der Waals surface area contributed by atoms with Crippen LogP contribution in [0, 0.1) is 0 Å². The Morgan fingerprint density at radius 3 is 2.44 bits per heavy atom. The molecule has 0 aliphatic carbocycles. The Balaban J connectivity index is 1.56. The summed E-state index contributed by atoms with van der Waals surface area (Å²) in [6, 6.07) is 8.68. The average Bonchev–Trinajstić information content (AvgIpc) is 2.96. The number of Topliss-reactive ketones (excluding diaryl/α,β-unsaturated/α-hetero) is 1. The predicted molar refractivity (Wildman–Crippen MR) is 90.5 cm³/mol. The molecule has 4 rings (SSSR count). The number of nitrogens with zero attached hydrogens (tertiary/aromatic N) is 1. The van der Waals surface area contributed by atoms with E-state index in [1.165, 1.54) is 0 Å². The zero-order valence-corrected chi connectivity index (χ0v) is 13.0. The summed E-state index contributed by atoms with van der Waals surface area (Å²) < 4.78 is 0. The quantitative estimate of drug-likeness (QED) is 0.703. The molecule has 25 heavy (non-hydrogen) atoms. The van der Waals surface area contributed by atoms with E-state index in [-0.39, 0.29) is 11.5 Å². The van der Waals surface area contributed by atoms with Gasteiger partial charge < -0.3 is 16.0 Å². The standard InChI is InChI=1S/C18H14N4O3/c23-16-11-3-1-2-4-12(11)20-14(16)15-18(25)21-13(17(24)22-15)9-10-5-7-19-8-6-10/h1-9,14-15,20H,(H,21,25)(H,22,24). The number of carbonyl (C=O) groups is 3. The van der Waals surface area contributed by atoms with Gasteiger partial charge in [-0.1, -0.05) is 12.1 Å². The monoisotopic (exact) mass is 334 g/mol. The minimum atomic E-state index is -0.970. The van der Waals surface area contributed by atoms with Crippen molar-refractivity contribution >= 4 is 29.4 Å². The topological polar surface area (TPSA) is 100 Å². The van der Waals surface area contributed by atoms with Crippen LogP contribution in [0.25, 0.3) is 6.08 Å². The number of piperazine rings is 1. The second kappa shape index (κ2) is 5.86. The molecule has 1 aromatic carbocycles. The number of pyridine rings is 1. The Bertz CT molecular complexity index is 908. The number of fused-ring (bicyclic) bond motifs is 1. The molecule has 3 heterocycles. The number of anilines is 1. The number of rotatable bonds is 2. The third kappa shape index (κ3) is 2.65. The number of hydrogen-bond donors (Lipinski definition) is 3. The highest BCUT2D eigenvalue weighted by atomic mass is 16.2. The van der Waals surface area contributed by atoms with Gasteiger partial charge in [0.05, 0.1) is 0 Å². The van der Waals surface area contributed by atoms with Gasteiger partial charge in [-0.25, -0.2) is 0 Å². The molecule has 7 nitrogen and oxygen atoms in total. The first kappa shape index (κ1) is 15.1. The lowest BCUT2D eigenvalue weighted by Crippen LogP contribution is -2.62. The Morgan fingerprint density at radius 2 is 1.68 bits per heavy atom. The van der Waals surface area contributed by atoms with E-state index < -0.39 is 23.9 Å². The molecule has 1 saturated heterocycles. The third-order valence-corrected chi connectivity index (χ3v) is 4.21. The summed E-state index contributed by atoms with van der Waals surface area (Å²) in [7, 11) is 0. The molecule has 0 saturated carbocycles. The summed E-state index contributed by atoms with van der Waals surface area (Å²) in [6.45, 7) is 0. The molecule has 0 bridgehead atoms. The summed E-state index contributed by atoms with van der Waals surface area (Å²) in [4.78, 5) is 41.2. The molecule has 2 aromatic rings. The Labute approximate surface area is 143 Å². The van der Waals surface area contributed by atoms with Crippen LogP contribution in [0.2, 0.25) is 0 Å². The summed E-state index contributed by atoms with van der Waals surface area (Å²) in [5, 5.41) is 8.23. The highest BCUT2D eigenvalue weighted by molar-refractivity contribution is 6.16. The van der Waals surface area contributed by atoms with E-state index in [2.05, 4.69) is 20.9 Å². The Hall–Kier alpha value is -3.48. The van der Waals surface area contributed by atoms with Crippen molar-refractivity contribution in [3.05, 3.63) is 65.6 Å². The molecular weight excluding hydrogens is 320 g/mol. The van der Waals surface area contributed by atoms with E-state index >= 15 is 0 Å².